The summed E-state index contributed by atoms with van der Waals surface area (Å²) in [7, 11) is 0. The van der Waals surface area contributed by atoms with Crippen molar-refractivity contribution in [2.75, 3.05) is 24.5 Å². The van der Waals surface area contributed by atoms with Crippen molar-refractivity contribution < 1.29 is 8.78 Å². The molecule has 21 heavy (non-hydrogen) atoms. The van der Waals surface area contributed by atoms with E-state index < -0.39 is 11.6 Å². The summed E-state index contributed by atoms with van der Waals surface area (Å²) < 4.78 is 28.2. The molecule has 0 saturated carbocycles. The lowest BCUT2D eigenvalue weighted by atomic mass is 9.97. The molecule has 1 unspecified atom stereocenters. The molecule has 5 heteroatoms. The molecule has 1 fully saturated rings. The molecule has 3 nitrogen and oxygen atoms in total. The van der Waals surface area contributed by atoms with Crippen LogP contribution in [0.15, 0.2) is 12.1 Å². The first-order chi connectivity index (χ1) is 10.0. The molecule has 1 N–H and O–H groups in total. The molecule has 0 radical (unpaired) electrons. The zero-order valence-corrected chi connectivity index (χ0v) is 12.5. The van der Waals surface area contributed by atoms with Crippen molar-refractivity contribution in [3.05, 3.63) is 29.3 Å². The van der Waals surface area contributed by atoms with Gasteiger partial charge in [0.15, 0.2) is 11.6 Å². The van der Waals surface area contributed by atoms with E-state index >= 15 is 0 Å². The minimum Gasteiger partial charge on any atom is -0.366 e. The van der Waals surface area contributed by atoms with Gasteiger partial charge in [-0.1, -0.05) is 13.8 Å². The summed E-state index contributed by atoms with van der Waals surface area (Å²) in [4.78, 5) is 1.77. The van der Waals surface area contributed by atoms with Gasteiger partial charge in [-0.2, -0.15) is 5.26 Å². The second-order valence-corrected chi connectivity index (χ2v) is 5.92. The molecule has 1 atom stereocenters. The fraction of sp³-hybridized carbons (Fsp3) is 0.562. The first kappa shape index (κ1) is 15.7. The minimum absolute atomic E-state index is 0.00301. The van der Waals surface area contributed by atoms with E-state index in [1.54, 1.807) is 11.0 Å². The summed E-state index contributed by atoms with van der Waals surface area (Å²) in [5, 5.41) is 12.1. The van der Waals surface area contributed by atoms with E-state index in [4.69, 9.17) is 5.26 Å². The highest BCUT2D eigenvalue weighted by Gasteiger charge is 2.25. The van der Waals surface area contributed by atoms with Gasteiger partial charge in [0.05, 0.1) is 11.6 Å². The third-order valence-electron chi connectivity index (χ3n) is 3.80. The molecule has 1 aromatic carbocycles. The van der Waals surface area contributed by atoms with E-state index in [9.17, 15) is 8.78 Å². The largest absolute Gasteiger partial charge is 0.366 e. The van der Waals surface area contributed by atoms with Gasteiger partial charge in [0, 0.05) is 19.1 Å². The Morgan fingerprint density at radius 3 is 2.62 bits per heavy atom. The zero-order valence-electron chi connectivity index (χ0n) is 12.5. The molecular formula is C16H21F2N3. The van der Waals surface area contributed by atoms with Gasteiger partial charge in [0.1, 0.15) is 5.69 Å². The highest BCUT2D eigenvalue weighted by Crippen LogP contribution is 2.29. The Kier molecular flexibility index (Phi) is 5.13. The Balaban J connectivity index is 2.13. The molecule has 1 aromatic rings. The predicted octanol–water partition coefficient (Wildman–Crippen LogP) is 3.05. The zero-order chi connectivity index (χ0) is 15.4. The Morgan fingerprint density at radius 2 is 2.05 bits per heavy atom. The van der Waals surface area contributed by atoms with Gasteiger partial charge < -0.3 is 10.2 Å². The van der Waals surface area contributed by atoms with Crippen molar-refractivity contribution in [2.24, 2.45) is 5.92 Å². The van der Waals surface area contributed by atoms with Crippen LogP contribution in [-0.2, 0) is 0 Å². The molecule has 2 rings (SSSR count). The summed E-state index contributed by atoms with van der Waals surface area (Å²) in [6.45, 7) is 6.31. The molecule has 1 aliphatic heterocycles. The SMILES string of the molecule is CC(C)NCC1CCCN(c2c(F)cc(C#N)cc2F)C1. The number of anilines is 1. The fourth-order valence-corrected chi connectivity index (χ4v) is 2.77. The topological polar surface area (TPSA) is 39.1 Å². The van der Waals surface area contributed by atoms with Crippen molar-refractivity contribution in [3.63, 3.8) is 0 Å². The summed E-state index contributed by atoms with van der Waals surface area (Å²) in [5.41, 5.74) is 0.0204. The third-order valence-corrected chi connectivity index (χ3v) is 3.80. The van der Waals surface area contributed by atoms with E-state index in [2.05, 4.69) is 19.2 Å². The minimum atomic E-state index is -0.649. The molecular weight excluding hydrogens is 272 g/mol. The number of hydrogen-bond acceptors (Lipinski definition) is 3. The Bertz CT molecular complexity index is 514. The van der Waals surface area contributed by atoms with Gasteiger partial charge in [0.25, 0.3) is 0 Å². The van der Waals surface area contributed by atoms with Crippen LogP contribution in [0.3, 0.4) is 0 Å². The quantitative estimate of drug-likeness (QED) is 0.927. The number of nitrogens with zero attached hydrogens (tertiary/aromatic N) is 2. The van der Waals surface area contributed by atoms with Crippen LogP contribution in [0.25, 0.3) is 0 Å². The van der Waals surface area contributed by atoms with Crippen LogP contribution in [0.4, 0.5) is 14.5 Å². The highest BCUT2D eigenvalue weighted by molar-refractivity contribution is 5.53. The lowest BCUT2D eigenvalue weighted by molar-refractivity contribution is 0.375. The molecule has 0 amide bonds. The van der Waals surface area contributed by atoms with Crippen LogP contribution in [0.5, 0.6) is 0 Å². The number of nitrogens with one attached hydrogen (secondary N) is 1. The van der Waals surface area contributed by atoms with E-state index in [1.165, 1.54) is 0 Å². The summed E-state index contributed by atoms with van der Waals surface area (Å²) >= 11 is 0. The molecule has 0 aromatic heterocycles. The number of halogens is 2. The summed E-state index contributed by atoms with van der Waals surface area (Å²) in [6.07, 6.45) is 1.99. The normalized spacial score (nSPS) is 18.9. The van der Waals surface area contributed by atoms with Gasteiger partial charge in [0.2, 0.25) is 0 Å². The van der Waals surface area contributed by atoms with Crippen molar-refractivity contribution in [1.82, 2.24) is 5.32 Å². The van der Waals surface area contributed by atoms with E-state index in [0.29, 0.717) is 25.0 Å². The molecule has 0 aliphatic carbocycles. The molecule has 0 bridgehead atoms. The van der Waals surface area contributed by atoms with Crippen LogP contribution in [0.1, 0.15) is 32.3 Å². The van der Waals surface area contributed by atoms with E-state index in [0.717, 1.165) is 31.5 Å². The number of benzene rings is 1. The summed E-state index contributed by atoms with van der Waals surface area (Å²) in [6, 6.07) is 4.39. The second kappa shape index (κ2) is 6.86. The number of rotatable bonds is 4. The van der Waals surface area contributed by atoms with Gasteiger partial charge in [-0.15, -0.1) is 0 Å². The van der Waals surface area contributed by atoms with Gasteiger partial charge in [-0.05, 0) is 37.4 Å². The van der Waals surface area contributed by atoms with Crippen LogP contribution < -0.4 is 10.2 Å². The molecule has 1 heterocycles. The standard InChI is InChI=1S/C16H21F2N3/c1-11(2)20-9-12-4-3-5-21(10-12)16-14(17)6-13(8-19)7-15(16)18/h6-7,11-12,20H,3-5,9-10H2,1-2H3. The Labute approximate surface area is 124 Å². The average Bonchev–Trinajstić information content (AvgIpc) is 2.44. The van der Waals surface area contributed by atoms with Crippen LogP contribution in [0.2, 0.25) is 0 Å². The fourth-order valence-electron chi connectivity index (χ4n) is 2.77. The van der Waals surface area contributed by atoms with Gasteiger partial charge in [-0.3, -0.25) is 0 Å². The van der Waals surface area contributed by atoms with E-state index in [-0.39, 0.29) is 11.3 Å². The molecule has 114 valence electrons. The van der Waals surface area contributed by atoms with Gasteiger partial charge >= 0.3 is 0 Å². The van der Waals surface area contributed by atoms with Crippen molar-refractivity contribution in [2.45, 2.75) is 32.7 Å². The Morgan fingerprint density at radius 1 is 1.38 bits per heavy atom. The van der Waals surface area contributed by atoms with Crippen molar-refractivity contribution >= 4 is 5.69 Å². The molecule has 1 aliphatic rings. The van der Waals surface area contributed by atoms with Crippen LogP contribution >= 0.6 is 0 Å². The molecule has 0 spiro atoms. The number of nitriles is 1. The average molecular weight is 293 g/mol. The first-order valence-electron chi connectivity index (χ1n) is 7.38. The molecule has 1 saturated heterocycles. The van der Waals surface area contributed by atoms with Crippen LogP contribution in [0, 0.1) is 28.9 Å². The highest BCUT2D eigenvalue weighted by atomic mass is 19.1. The Hall–Kier alpha value is -1.67. The maximum atomic E-state index is 14.1. The third kappa shape index (κ3) is 3.92. The maximum Gasteiger partial charge on any atom is 0.150 e. The maximum absolute atomic E-state index is 14.1. The first-order valence-corrected chi connectivity index (χ1v) is 7.38. The van der Waals surface area contributed by atoms with Gasteiger partial charge in [-0.25, -0.2) is 8.78 Å². The van der Waals surface area contributed by atoms with Crippen molar-refractivity contribution in [3.8, 4) is 6.07 Å². The lowest BCUT2D eigenvalue weighted by Gasteiger charge is -2.35. The van der Waals surface area contributed by atoms with E-state index in [1.807, 2.05) is 0 Å². The lowest BCUT2D eigenvalue weighted by Crippen LogP contribution is -2.41. The summed E-state index contributed by atoms with van der Waals surface area (Å²) in [5.74, 6) is -0.913. The smallest absolute Gasteiger partial charge is 0.150 e. The number of piperidine rings is 1. The van der Waals surface area contributed by atoms with Crippen LogP contribution in [-0.4, -0.2) is 25.7 Å². The van der Waals surface area contributed by atoms with Crippen molar-refractivity contribution in [1.29, 1.82) is 5.26 Å². The predicted molar refractivity (Wildman–Crippen MR) is 79.1 cm³/mol. The second-order valence-electron chi connectivity index (χ2n) is 5.92. The number of hydrogen-bond donors (Lipinski definition) is 1. The monoisotopic (exact) mass is 293 g/mol.